The van der Waals surface area contributed by atoms with Gasteiger partial charge in [-0.3, -0.25) is 4.79 Å². The summed E-state index contributed by atoms with van der Waals surface area (Å²) in [6.45, 7) is 1.75. The van der Waals surface area contributed by atoms with Gasteiger partial charge in [-0.2, -0.15) is 0 Å². The summed E-state index contributed by atoms with van der Waals surface area (Å²) in [5, 5.41) is 11.4. The second-order valence-corrected chi connectivity index (χ2v) is 8.76. The minimum atomic E-state index is -0.622. The average Bonchev–Trinajstić information content (AvgIpc) is 3.18. The number of nitrogens with zero attached hydrogens (tertiary/aromatic N) is 3. The minimum absolute atomic E-state index is 0.240. The van der Waals surface area contributed by atoms with Gasteiger partial charge in [-0.25, -0.2) is 9.97 Å². The largest absolute Gasteiger partial charge is 0.391 e. The lowest BCUT2D eigenvalue weighted by Crippen LogP contribution is -2.22. The van der Waals surface area contributed by atoms with Crippen LogP contribution in [0.3, 0.4) is 0 Å². The number of aromatic amines is 1. The molecule has 0 saturated carbocycles. The Bertz CT molecular complexity index is 1270. The predicted molar refractivity (Wildman–Crippen MR) is 128 cm³/mol. The summed E-state index contributed by atoms with van der Waals surface area (Å²) in [6, 6.07) is 15.3. The second kappa shape index (κ2) is 9.86. The lowest BCUT2D eigenvalue weighted by molar-refractivity contribution is 0.125. The van der Waals surface area contributed by atoms with Crippen LogP contribution >= 0.6 is 23.2 Å². The number of H-pyrrole nitrogens is 1. The summed E-state index contributed by atoms with van der Waals surface area (Å²) in [7, 11) is 0. The number of fused-ring (bicyclic) bond motifs is 1. The van der Waals surface area contributed by atoms with E-state index in [1.165, 1.54) is 5.56 Å². The Morgan fingerprint density at radius 3 is 2.59 bits per heavy atom. The molecule has 2 heterocycles. The molecule has 0 saturated heterocycles. The van der Waals surface area contributed by atoms with Gasteiger partial charge in [-0.1, -0.05) is 59.6 Å². The van der Waals surface area contributed by atoms with Gasteiger partial charge >= 0.3 is 0 Å². The number of imidazole rings is 1. The first kappa shape index (κ1) is 22.5. The highest BCUT2D eigenvalue weighted by molar-refractivity contribution is 6.42. The number of halogens is 2. The van der Waals surface area contributed by atoms with E-state index in [1.54, 1.807) is 25.4 Å². The Balaban J connectivity index is 1.60. The number of aliphatic hydroxyl groups is 1. The monoisotopic (exact) mass is 470 g/mol. The fourth-order valence-corrected chi connectivity index (χ4v) is 4.23. The summed E-state index contributed by atoms with van der Waals surface area (Å²) >= 11 is 12.1. The molecule has 0 spiro atoms. The Labute approximate surface area is 195 Å². The quantitative estimate of drug-likeness (QED) is 0.381. The van der Waals surface area contributed by atoms with Crippen LogP contribution in [0.1, 0.15) is 42.8 Å². The van der Waals surface area contributed by atoms with Crippen LogP contribution in [0, 0.1) is 0 Å². The number of aromatic nitrogens is 4. The number of benzene rings is 2. The molecule has 6 nitrogen and oxygen atoms in total. The number of aryl methyl sites for hydroxylation is 1. The summed E-state index contributed by atoms with van der Waals surface area (Å²) < 4.78 is 1.82. The maximum Gasteiger partial charge on any atom is 0.279 e. The maximum absolute atomic E-state index is 12.6. The van der Waals surface area contributed by atoms with Gasteiger partial charge in [0.05, 0.1) is 28.5 Å². The van der Waals surface area contributed by atoms with Crippen molar-refractivity contribution in [2.75, 3.05) is 0 Å². The summed E-state index contributed by atoms with van der Waals surface area (Å²) in [6.07, 6.45) is 3.89. The maximum atomic E-state index is 12.6. The van der Waals surface area contributed by atoms with Gasteiger partial charge in [0, 0.05) is 6.42 Å². The zero-order chi connectivity index (χ0) is 22.7. The molecular weight excluding hydrogens is 447 g/mol. The molecule has 32 heavy (non-hydrogen) atoms. The molecule has 0 aliphatic rings. The molecule has 2 N–H and O–H groups in total. The van der Waals surface area contributed by atoms with E-state index in [0.717, 1.165) is 24.8 Å². The van der Waals surface area contributed by atoms with Crippen molar-refractivity contribution in [3.63, 3.8) is 0 Å². The van der Waals surface area contributed by atoms with Gasteiger partial charge < -0.3 is 14.7 Å². The van der Waals surface area contributed by atoms with Crippen molar-refractivity contribution in [2.45, 2.75) is 44.8 Å². The molecule has 4 aromatic rings. The zero-order valence-electron chi connectivity index (χ0n) is 17.6. The van der Waals surface area contributed by atoms with Crippen molar-refractivity contribution in [2.24, 2.45) is 0 Å². The number of hydrogen-bond donors (Lipinski definition) is 2. The van der Waals surface area contributed by atoms with E-state index in [0.29, 0.717) is 27.9 Å². The molecule has 2 unspecified atom stereocenters. The van der Waals surface area contributed by atoms with Crippen molar-refractivity contribution in [1.29, 1.82) is 0 Å². The van der Waals surface area contributed by atoms with E-state index in [4.69, 9.17) is 23.2 Å². The standard InChI is InChI=1S/C24H24Cl2N4O2/c1-15(31)20(9-5-8-16-6-3-2-4-7-16)30-14-27-22-23(30)28-21(29-24(22)32)13-17-10-11-18(25)19(26)12-17/h2-4,6-7,10-12,14-15,20,31H,5,8-9,13H2,1H3,(H,28,29,32). The molecule has 0 radical (unpaired) electrons. The molecule has 8 heteroatoms. The van der Waals surface area contributed by atoms with Crippen molar-refractivity contribution < 1.29 is 5.11 Å². The first-order valence-corrected chi connectivity index (χ1v) is 11.3. The lowest BCUT2D eigenvalue weighted by atomic mass is 10.0. The molecular formula is C24H24Cl2N4O2. The molecule has 0 aliphatic heterocycles. The minimum Gasteiger partial charge on any atom is -0.391 e. The van der Waals surface area contributed by atoms with Gasteiger partial charge in [0.25, 0.3) is 5.56 Å². The number of nitrogens with one attached hydrogen (secondary N) is 1. The highest BCUT2D eigenvalue weighted by Crippen LogP contribution is 2.25. The molecule has 166 valence electrons. The number of hydrogen-bond acceptors (Lipinski definition) is 4. The van der Waals surface area contributed by atoms with E-state index in [9.17, 15) is 9.90 Å². The normalized spacial score (nSPS) is 13.4. The zero-order valence-corrected chi connectivity index (χ0v) is 19.1. The van der Waals surface area contributed by atoms with Crippen molar-refractivity contribution in [3.05, 3.63) is 92.2 Å². The molecule has 0 amide bonds. The Kier molecular flexibility index (Phi) is 6.94. The van der Waals surface area contributed by atoms with Crippen LogP contribution in [0.4, 0.5) is 0 Å². The van der Waals surface area contributed by atoms with E-state index in [1.807, 2.05) is 28.8 Å². The number of rotatable bonds is 8. The van der Waals surface area contributed by atoms with E-state index >= 15 is 0 Å². The van der Waals surface area contributed by atoms with E-state index in [-0.39, 0.29) is 17.1 Å². The van der Waals surface area contributed by atoms with Crippen molar-refractivity contribution >= 4 is 34.4 Å². The Hall–Kier alpha value is -2.67. The van der Waals surface area contributed by atoms with E-state index < -0.39 is 6.10 Å². The third-order valence-corrected chi connectivity index (χ3v) is 6.30. The smallest absolute Gasteiger partial charge is 0.279 e. The Morgan fingerprint density at radius 1 is 1.09 bits per heavy atom. The van der Waals surface area contributed by atoms with Crippen LogP contribution in [0.5, 0.6) is 0 Å². The fraction of sp³-hybridized carbons (Fsp3) is 0.292. The molecule has 0 aliphatic carbocycles. The van der Waals surface area contributed by atoms with Crippen LogP contribution in [0.2, 0.25) is 10.0 Å². The predicted octanol–water partition coefficient (Wildman–Crippen LogP) is 4.96. The van der Waals surface area contributed by atoms with Crippen molar-refractivity contribution in [1.82, 2.24) is 19.5 Å². The fourth-order valence-electron chi connectivity index (χ4n) is 3.91. The van der Waals surface area contributed by atoms with Crippen LogP contribution in [-0.2, 0) is 12.8 Å². The topological polar surface area (TPSA) is 83.8 Å². The number of aliphatic hydroxyl groups excluding tert-OH is 1. The first-order valence-electron chi connectivity index (χ1n) is 10.5. The van der Waals surface area contributed by atoms with Gasteiger partial charge in [0.15, 0.2) is 11.2 Å². The van der Waals surface area contributed by atoms with Gasteiger partial charge in [0.1, 0.15) is 5.82 Å². The third-order valence-electron chi connectivity index (χ3n) is 5.56. The molecule has 2 atom stereocenters. The molecule has 4 rings (SSSR count). The molecule has 2 aromatic heterocycles. The van der Waals surface area contributed by atoms with Crippen LogP contribution in [0.25, 0.3) is 11.2 Å². The average molecular weight is 471 g/mol. The second-order valence-electron chi connectivity index (χ2n) is 7.95. The molecule has 0 bridgehead atoms. The summed E-state index contributed by atoms with van der Waals surface area (Å²) in [4.78, 5) is 24.4. The van der Waals surface area contributed by atoms with Crippen LogP contribution in [0.15, 0.2) is 59.7 Å². The third kappa shape index (κ3) is 5.04. The van der Waals surface area contributed by atoms with Gasteiger partial charge in [-0.05, 0) is 49.4 Å². The highest BCUT2D eigenvalue weighted by atomic mass is 35.5. The van der Waals surface area contributed by atoms with Crippen LogP contribution < -0.4 is 5.56 Å². The van der Waals surface area contributed by atoms with E-state index in [2.05, 4.69) is 27.1 Å². The Morgan fingerprint density at radius 2 is 1.88 bits per heavy atom. The molecule has 0 fully saturated rings. The first-order chi connectivity index (χ1) is 15.4. The highest BCUT2D eigenvalue weighted by Gasteiger charge is 2.21. The van der Waals surface area contributed by atoms with Gasteiger partial charge in [-0.15, -0.1) is 0 Å². The lowest BCUT2D eigenvalue weighted by Gasteiger charge is -2.22. The molecule has 2 aromatic carbocycles. The van der Waals surface area contributed by atoms with Crippen molar-refractivity contribution in [3.8, 4) is 0 Å². The SMILES string of the molecule is CC(O)C(CCCc1ccccc1)n1cnc2c(=O)[nH]c(Cc3ccc(Cl)c(Cl)c3)nc21. The summed E-state index contributed by atoms with van der Waals surface area (Å²) in [5.74, 6) is 0.497. The van der Waals surface area contributed by atoms with Crippen LogP contribution in [-0.4, -0.2) is 30.7 Å². The summed E-state index contributed by atoms with van der Waals surface area (Å²) in [5.41, 5.74) is 2.55. The van der Waals surface area contributed by atoms with Gasteiger partial charge in [0.2, 0.25) is 0 Å².